The highest BCUT2D eigenvalue weighted by atomic mass is 16.5. The topological polar surface area (TPSA) is 83.8 Å². The van der Waals surface area contributed by atoms with Crippen molar-refractivity contribution in [3.8, 4) is 0 Å². The van der Waals surface area contributed by atoms with Gasteiger partial charge in [-0.2, -0.15) is 0 Å². The first kappa shape index (κ1) is 16.8. The van der Waals surface area contributed by atoms with Gasteiger partial charge in [0.05, 0.1) is 6.61 Å². The summed E-state index contributed by atoms with van der Waals surface area (Å²) >= 11 is 0. The van der Waals surface area contributed by atoms with E-state index in [2.05, 4.69) is 17.9 Å². The van der Waals surface area contributed by atoms with Crippen LogP contribution in [-0.4, -0.2) is 35.4 Å². The van der Waals surface area contributed by atoms with Gasteiger partial charge in [0.15, 0.2) is 0 Å². The molecule has 16 heavy (non-hydrogen) atoms. The lowest BCUT2D eigenvalue weighted by Gasteiger charge is -1.99. The maximum Gasteiger partial charge on any atom is 0.333 e. The van der Waals surface area contributed by atoms with Crippen molar-refractivity contribution in [2.24, 2.45) is 0 Å². The fourth-order valence-electron chi connectivity index (χ4n) is 0.413. The zero-order valence-electron chi connectivity index (χ0n) is 9.65. The molecule has 0 aromatic carbocycles. The zero-order valence-corrected chi connectivity index (χ0v) is 9.65. The summed E-state index contributed by atoms with van der Waals surface area (Å²) < 4.78 is 4.46. The molecule has 5 heteroatoms. The van der Waals surface area contributed by atoms with Gasteiger partial charge in [0.25, 0.3) is 0 Å². The van der Waals surface area contributed by atoms with E-state index in [-0.39, 0.29) is 18.8 Å². The van der Waals surface area contributed by atoms with E-state index in [9.17, 15) is 9.59 Å². The van der Waals surface area contributed by atoms with E-state index in [4.69, 9.17) is 10.2 Å². The van der Waals surface area contributed by atoms with E-state index in [0.29, 0.717) is 12.0 Å². The number of aliphatic carboxylic acids is 1. The van der Waals surface area contributed by atoms with Crippen LogP contribution in [0.25, 0.3) is 0 Å². The number of carboxylic acid groups (broad SMARTS) is 1. The number of ether oxygens (including phenoxy) is 1. The van der Waals surface area contributed by atoms with Gasteiger partial charge in [-0.1, -0.05) is 20.1 Å². The molecule has 0 bridgehead atoms. The summed E-state index contributed by atoms with van der Waals surface area (Å²) in [7, 11) is 0. The van der Waals surface area contributed by atoms with Crippen molar-refractivity contribution >= 4 is 11.9 Å². The van der Waals surface area contributed by atoms with Crippen LogP contribution in [-0.2, 0) is 14.3 Å². The van der Waals surface area contributed by atoms with Crippen LogP contribution in [0.15, 0.2) is 24.3 Å². The molecule has 0 aromatic rings. The Morgan fingerprint density at radius 2 is 1.81 bits per heavy atom. The molecule has 0 aliphatic heterocycles. The third kappa shape index (κ3) is 10.5. The molecule has 0 saturated heterocycles. The van der Waals surface area contributed by atoms with Crippen molar-refractivity contribution in [1.29, 1.82) is 0 Å². The van der Waals surface area contributed by atoms with Crippen LogP contribution in [0.1, 0.15) is 20.3 Å². The minimum atomic E-state index is -0.900. The lowest BCUT2D eigenvalue weighted by molar-refractivity contribution is -0.140. The van der Waals surface area contributed by atoms with Crippen molar-refractivity contribution in [2.75, 3.05) is 13.2 Å². The minimum absolute atomic E-state index is 0.0473. The lowest BCUT2D eigenvalue weighted by Crippen LogP contribution is -2.08. The Kier molecular flexibility index (Phi) is 10.4. The third-order valence-electron chi connectivity index (χ3n) is 1.40. The van der Waals surface area contributed by atoms with E-state index >= 15 is 0 Å². The predicted octanol–water partition coefficient (Wildman–Crippen LogP) is 1.14. The second-order valence-corrected chi connectivity index (χ2v) is 2.90. The van der Waals surface area contributed by atoms with Gasteiger partial charge >= 0.3 is 11.9 Å². The summed E-state index contributed by atoms with van der Waals surface area (Å²) in [5.41, 5.74) is 0.614. The van der Waals surface area contributed by atoms with Crippen molar-refractivity contribution in [3.05, 3.63) is 24.3 Å². The summed E-state index contributed by atoms with van der Waals surface area (Å²) in [4.78, 5) is 20.3. The summed E-state index contributed by atoms with van der Waals surface area (Å²) in [5.74, 6) is -1.36. The van der Waals surface area contributed by atoms with Crippen LogP contribution in [0.2, 0.25) is 0 Å². The number of carbonyl (C=O) groups is 2. The van der Waals surface area contributed by atoms with E-state index in [1.54, 1.807) is 13.8 Å². The normalized spacial score (nSPS) is 8.44. The molecule has 0 rings (SSSR count). The quantitative estimate of drug-likeness (QED) is 0.546. The van der Waals surface area contributed by atoms with Crippen molar-refractivity contribution in [3.63, 3.8) is 0 Å². The van der Waals surface area contributed by atoms with E-state index in [0.717, 1.165) is 0 Å². The summed E-state index contributed by atoms with van der Waals surface area (Å²) in [6.07, 6.45) is 0.523. The highest BCUT2D eigenvalue weighted by Crippen LogP contribution is 1.93. The number of carbonyl (C=O) groups excluding carboxylic acids is 1. The van der Waals surface area contributed by atoms with Gasteiger partial charge in [0.1, 0.15) is 6.61 Å². The van der Waals surface area contributed by atoms with Gasteiger partial charge in [-0.25, -0.2) is 9.59 Å². The molecule has 92 valence electrons. The summed E-state index contributed by atoms with van der Waals surface area (Å²) in [6, 6.07) is 0. The van der Waals surface area contributed by atoms with Crippen LogP contribution in [0, 0.1) is 0 Å². The molecule has 0 saturated carbocycles. The van der Waals surface area contributed by atoms with Crippen LogP contribution in [0.5, 0.6) is 0 Å². The molecule has 0 radical (unpaired) electrons. The Morgan fingerprint density at radius 1 is 1.31 bits per heavy atom. The van der Waals surface area contributed by atoms with Crippen LogP contribution in [0.4, 0.5) is 0 Å². The molecule has 5 nitrogen and oxygen atoms in total. The second kappa shape index (κ2) is 9.92. The summed E-state index contributed by atoms with van der Waals surface area (Å²) in [5, 5.41) is 16.3. The first-order valence-corrected chi connectivity index (χ1v) is 4.71. The maximum absolute atomic E-state index is 10.5. The smallest absolute Gasteiger partial charge is 0.333 e. The van der Waals surface area contributed by atoms with Gasteiger partial charge in [-0.3, -0.25) is 0 Å². The molecule has 0 unspecified atom stereocenters. The molecule has 0 aromatic heterocycles. The molecular weight excluding hydrogens is 212 g/mol. The molecule has 0 amide bonds. The Hall–Kier alpha value is -1.62. The Balaban J connectivity index is 0. The molecule has 0 aliphatic rings. The van der Waals surface area contributed by atoms with E-state index in [1.165, 1.54) is 0 Å². The number of hydrogen-bond acceptors (Lipinski definition) is 4. The van der Waals surface area contributed by atoms with Gasteiger partial charge in [0, 0.05) is 11.1 Å². The van der Waals surface area contributed by atoms with Crippen molar-refractivity contribution in [1.82, 2.24) is 0 Å². The van der Waals surface area contributed by atoms with E-state index < -0.39 is 11.9 Å². The Labute approximate surface area is 95.0 Å². The molecule has 2 N–H and O–H groups in total. The van der Waals surface area contributed by atoms with Crippen LogP contribution in [0.3, 0.4) is 0 Å². The van der Waals surface area contributed by atoms with Crippen molar-refractivity contribution in [2.45, 2.75) is 20.3 Å². The largest absolute Gasteiger partial charge is 0.478 e. The zero-order chi connectivity index (χ0) is 13.1. The van der Waals surface area contributed by atoms with Crippen molar-refractivity contribution < 1.29 is 24.5 Å². The summed E-state index contributed by atoms with van der Waals surface area (Å²) in [6.45, 7) is 9.85. The van der Waals surface area contributed by atoms with Crippen LogP contribution >= 0.6 is 0 Å². The molecule has 0 fully saturated rings. The number of esters is 1. The average Bonchev–Trinajstić information content (AvgIpc) is 2.25. The molecule has 0 atom stereocenters. The molecular formula is C11H18O5. The fraction of sp³-hybridized carbons (Fsp3) is 0.455. The molecule has 0 heterocycles. The predicted molar refractivity (Wildman–Crippen MR) is 59.9 cm³/mol. The van der Waals surface area contributed by atoms with Gasteiger partial charge in [0.2, 0.25) is 0 Å². The van der Waals surface area contributed by atoms with Gasteiger partial charge < -0.3 is 14.9 Å². The fourth-order valence-corrected chi connectivity index (χ4v) is 0.413. The first-order valence-electron chi connectivity index (χ1n) is 4.71. The number of aliphatic hydroxyl groups excluding tert-OH is 1. The monoisotopic (exact) mass is 230 g/mol. The number of aliphatic hydroxyl groups is 1. The number of hydrogen-bond donors (Lipinski definition) is 2. The van der Waals surface area contributed by atoms with Gasteiger partial charge in [-0.15, -0.1) is 0 Å². The standard InChI is InChI=1S/C6H10O3.C5H8O2/c1-5(2)6(8)9-4-3-7;1-3-4(2)5(6)7/h7H,1,3-4H2,2H3;2-3H2,1H3,(H,6,7). The Morgan fingerprint density at radius 3 is 2.00 bits per heavy atom. The van der Waals surface area contributed by atoms with Crippen LogP contribution < -0.4 is 0 Å². The molecule has 0 aliphatic carbocycles. The highest BCUT2D eigenvalue weighted by Gasteiger charge is 1.99. The maximum atomic E-state index is 10.5. The van der Waals surface area contributed by atoms with Gasteiger partial charge in [-0.05, 0) is 13.3 Å². The number of rotatable bonds is 5. The third-order valence-corrected chi connectivity index (χ3v) is 1.40. The second-order valence-electron chi connectivity index (χ2n) is 2.90. The first-order chi connectivity index (χ1) is 7.36. The minimum Gasteiger partial charge on any atom is -0.478 e. The average molecular weight is 230 g/mol. The lowest BCUT2D eigenvalue weighted by atomic mass is 10.2. The SMILES string of the molecule is C=C(C)C(=O)OCCO.C=C(CC)C(=O)O. The molecule has 0 spiro atoms. The van der Waals surface area contributed by atoms with E-state index in [1.807, 2.05) is 0 Å². The number of carboxylic acids is 1. The Bertz CT molecular complexity index is 268. The highest BCUT2D eigenvalue weighted by molar-refractivity contribution is 5.86.